The van der Waals surface area contributed by atoms with Crippen LogP contribution in [0.1, 0.15) is 33.1 Å². The van der Waals surface area contributed by atoms with Crippen LogP contribution >= 0.6 is 0 Å². The number of carboxylic acid groups (broad SMARTS) is 1. The Bertz CT molecular complexity index is 574. The number of carboxylic acids is 1. The Kier molecular flexibility index (Phi) is 8.46. The molecule has 0 amide bonds. The molecule has 10 nitrogen and oxygen atoms in total. The lowest BCUT2D eigenvalue weighted by Crippen LogP contribution is -2.51. The zero-order valence-electron chi connectivity index (χ0n) is 15.4. The predicted octanol–water partition coefficient (Wildman–Crippen LogP) is -1.74. The van der Waals surface area contributed by atoms with Crippen LogP contribution in [0.2, 0.25) is 6.32 Å². The van der Waals surface area contributed by atoms with Crippen molar-refractivity contribution in [1.82, 2.24) is 8.61 Å². The molecule has 1 heterocycles. The summed E-state index contributed by atoms with van der Waals surface area (Å²) in [7, 11) is -5.28. The highest BCUT2D eigenvalue weighted by molar-refractivity contribution is 7.86. The van der Waals surface area contributed by atoms with Gasteiger partial charge in [0.2, 0.25) is 0 Å². The summed E-state index contributed by atoms with van der Waals surface area (Å²) in [6.07, 6.45) is 1.82. The summed E-state index contributed by atoms with van der Waals surface area (Å²) in [4.78, 5) is 11.0. The van der Waals surface area contributed by atoms with Gasteiger partial charge < -0.3 is 26.6 Å². The summed E-state index contributed by atoms with van der Waals surface area (Å²) < 4.78 is 28.3. The average Bonchev–Trinajstić information content (AvgIpc) is 2.82. The summed E-state index contributed by atoms with van der Waals surface area (Å²) in [5.74, 6) is -1.39. The van der Waals surface area contributed by atoms with E-state index in [2.05, 4.69) is 0 Å². The summed E-state index contributed by atoms with van der Waals surface area (Å²) in [6.45, 7) is 3.77. The van der Waals surface area contributed by atoms with Gasteiger partial charge in [-0.1, -0.05) is 13.3 Å². The average molecular weight is 394 g/mol. The maximum Gasteiger partial charge on any atom is 0.451 e. The normalized spacial score (nSPS) is 25.6. The van der Waals surface area contributed by atoms with E-state index in [1.54, 1.807) is 13.8 Å². The first-order valence-corrected chi connectivity index (χ1v) is 10.2. The van der Waals surface area contributed by atoms with Crippen LogP contribution in [-0.2, 0) is 15.0 Å². The molecule has 0 radical (unpaired) electrons. The summed E-state index contributed by atoms with van der Waals surface area (Å²) >= 11 is 0. The summed E-state index contributed by atoms with van der Waals surface area (Å²) in [5, 5.41) is 26.9. The second-order valence-corrected chi connectivity index (χ2v) is 9.15. The SMILES string of the molecule is CCCN(CC(N)C(=O)O)S(=O)(=O)N1C[C@H](CCCB(O)O)[C@@](C)(N)C1. The van der Waals surface area contributed by atoms with Crippen LogP contribution in [0.15, 0.2) is 0 Å². The van der Waals surface area contributed by atoms with Crippen molar-refractivity contribution in [3.63, 3.8) is 0 Å². The fraction of sp³-hybridized carbons (Fsp3) is 0.929. The Labute approximate surface area is 155 Å². The van der Waals surface area contributed by atoms with Crippen LogP contribution in [0, 0.1) is 5.92 Å². The van der Waals surface area contributed by atoms with Crippen LogP contribution in [0.4, 0.5) is 0 Å². The largest absolute Gasteiger partial charge is 0.480 e. The lowest BCUT2D eigenvalue weighted by atomic mass is 9.79. The molecular weight excluding hydrogens is 363 g/mol. The van der Waals surface area contributed by atoms with Gasteiger partial charge in [0.1, 0.15) is 6.04 Å². The van der Waals surface area contributed by atoms with Crippen molar-refractivity contribution in [3.8, 4) is 0 Å². The second-order valence-electron chi connectivity index (χ2n) is 7.22. The van der Waals surface area contributed by atoms with Crippen molar-refractivity contribution in [1.29, 1.82) is 0 Å². The fourth-order valence-electron chi connectivity index (χ4n) is 3.18. The maximum atomic E-state index is 13.0. The van der Waals surface area contributed by atoms with Crippen molar-refractivity contribution >= 4 is 23.3 Å². The smallest absolute Gasteiger partial charge is 0.451 e. The van der Waals surface area contributed by atoms with Gasteiger partial charge in [0.25, 0.3) is 10.2 Å². The molecule has 0 aromatic rings. The topological polar surface area (TPSA) is 170 Å². The van der Waals surface area contributed by atoms with Crippen molar-refractivity contribution < 1.29 is 28.4 Å². The molecule has 1 aliphatic rings. The van der Waals surface area contributed by atoms with Gasteiger partial charge >= 0.3 is 13.1 Å². The zero-order valence-corrected chi connectivity index (χ0v) is 16.2. The Morgan fingerprint density at radius 3 is 2.58 bits per heavy atom. The molecule has 3 atom stereocenters. The molecule has 0 spiro atoms. The van der Waals surface area contributed by atoms with E-state index in [1.807, 2.05) is 0 Å². The Balaban J connectivity index is 2.87. The highest BCUT2D eigenvalue weighted by Gasteiger charge is 2.46. The Morgan fingerprint density at radius 1 is 1.46 bits per heavy atom. The third-order valence-corrected chi connectivity index (χ3v) is 6.65. The zero-order chi connectivity index (χ0) is 20.1. The van der Waals surface area contributed by atoms with Gasteiger partial charge in [-0.3, -0.25) is 4.79 Å². The molecular formula is C14H31BN4O6S. The fourth-order valence-corrected chi connectivity index (χ4v) is 5.08. The van der Waals surface area contributed by atoms with E-state index >= 15 is 0 Å². The first-order chi connectivity index (χ1) is 11.9. The van der Waals surface area contributed by atoms with E-state index in [-0.39, 0.29) is 38.4 Å². The first-order valence-electron chi connectivity index (χ1n) is 8.80. The molecule has 1 fully saturated rings. The lowest BCUT2D eigenvalue weighted by Gasteiger charge is -2.29. The highest BCUT2D eigenvalue weighted by atomic mass is 32.2. The third kappa shape index (κ3) is 6.15. The number of nitrogens with two attached hydrogens (primary N) is 2. The molecule has 1 aliphatic heterocycles. The van der Waals surface area contributed by atoms with Crippen LogP contribution in [-0.4, -0.2) is 83.0 Å². The van der Waals surface area contributed by atoms with Crippen molar-refractivity contribution in [2.75, 3.05) is 26.2 Å². The molecule has 0 bridgehead atoms. The van der Waals surface area contributed by atoms with E-state index in [0.29, 0.717) is 19.3 Å². The van der Waals surface area contributed by atoms with Gasteiger partial charge in [0.15, 0.2) is 0 Å². The van der Waals surface area contributed by atoms with Crippen LogP contribution in [0.25, 0.3) is 0 Å². The van der Waals surface area contributed by atoms with Crippen LogP contribution in [0.3, 0.4) is 0 Å². The quantitative estimate of drug-likeness (QED) is 0.257. The number of rotatable bonds is 11. The number of hydrogen-bond acceptors (Lipinski definition) is 7. The van der Waals surface area contributed by atoms with Gasteiger partial charge in [-0.2, -0.15) is 17.0 Å². The molecule has 26 heavy (non-hydrogen) atoms. The number of carbonyl (C=O) groups is 1. The van der Waals surface area contributed by atoms with E-state index in [0.717, 1.165) is 4.31 Å². The third-order valence-electron chi connectivity index (χ3n) is 4.73. The monoisotopic (exact) mass is 394 g/mol. The molecule has 12 heteroatoms. The first kappa shape index (κ1) is 23.3. The summed E-state index contributed by atoms with van der Waals surface area (Å²) in [5.41, 5.74) is 11.1. The van der Waals surface area contributed by atoms with E-state index in [4.69, 9.17) is 26.6 Å². The molecule has 152 valence electrons. The minimum atomic E-state index is -3.89. The highest BCUT2D eigenvalue weighted by Crippen LogP contribution is 2.32. The van der Waals surface area contributed by atoms with Gasteiger partial charge in [-0.25, -0.2) is 0 Å². The van der Waals surface area contributed by atoms with Gasteiger partial charge in [-0.05, 0) is 32.0 Å². The van der Waals surface area contributed by atoms with Gasteiger partial charge in [0.05, 0.1) is 0 Å². The van der Waals surface area contributed by atoms with Gasteiger partial charge in [0, 0.05) is 31.7 Å². The second kappa shape index (κ2) is 9.44. The van der Waals surface area contributed by atoms with Crippen molar-refractivity contribution in [3.05, 3.63) is 0 Å². The number of aliphatic carboxylic acids is 1. The molecule has 0 aliphatic carbocycles. The molecule has 0 saturated carbocycles. The molecule has 1 saturated heterocycles. The van der Waals surface area contributed by atoms with E-state index in [9.17, 15) is 13.2 Å². The van der Waals surface area contributed by atoms with Crippen LogP contribution < -0.4 is 11.5 Å². The standard InChI is InChI=1S/C14H31BN4O6S/c1-3-7-18(9-12(16)13(20)21)26(24,25)19-8-11(14(2,17)10-19)5-4-6-15(22)23/h11-12,22-23H,3-10,16-17H2,1-2H3,(H,20,21)/t11-,12?,14-/m0/s1. The van der Waals surface area contributed by atoms with Crippen LogP contribution in [0.5, 0.6) is 0 Å². The van der Waals surface area contributed by atoms with E-state index < -0.39 is 34.9 Å². The maximum absolute atomic E-state index is 13.0. The summed E-state index contributed by atoms with van der Waals surface area (Å²) in [6, 6.07) is -1.30. The molecule has 1 unspecified atom stereocenters. The molecule has 0 aromatic carbocycles. The van der Waals surface area contributed by atoms with Crippen molar-refractivity contribution in [2.24, 2.45) is 17.4 Å². The van der Waals surface area contributed by atoms with Gasteiger partial charge in [-0.15, -0.1) is 0 Å². The predicted molar refractivity (Wildman–Crippen MR) is 98.3 cm³/mol. The number of nitrogens with zero attached hydrogens (tertiary/aromatic N) is 2. The Hall–Kier alpha value is -0.755. The lowest BCUT2D eigenvalue weighted by molar-refractivity contribution is -0.138. The minimum absolute atomic E-state index is 0.115. The molecule has 1 rings (SSSR count). The number of hydrogen-bond donors (Lipinski definition) is 5. The minimum Gasteiger partial charge on any atom is -0.480 e. The van der Waals surface area contributed by atoms with E-state index in [1.165, 1.54) is 4.31 Å². The van der Waals surface area contributed by atoms with Crippen molar-refractivity contribution in [2.45, 2.75) is 51.0 Å². The molecule has 7 N–H and O–H groups in total. The Morgan fingerprint density at radius 2 is 2.08 bits per heavy atom. The molecule has 0 aromatic heterocycles.